The van der Waals surface area contributed by atoms with Crippen molar-refractivity contribution in [1.82, 2.24) is 5.32 Å². The van der Waals surface area contributed by atoms with E-state index in [1.165, 1.54) is 25.7 Å². The molecule has 0 aromatic heterocycles. The first-order valence-electron chi connectivity index (χ1n) is 7.13. The highest BCUT2D eigenvalue weighted by Gasteiger charge is 2.41. The minimum atomic E-state index is 0.0728. The molecular formula is C14H25NO2. The Kier molecular flexibility index (Phi) is 4.57. The van der Waals surface area contributed by atoms with E-state index in [0.717, 1.165) is 32.4 Å². The molecule has 1 atom stereocenters. The van der Waals surface area contributed by atoms with E-state index < -0.39 is 0 Å². The first kappa shape index (κ1) is 13.0. The summed E-state index contributed by atoms with van der Waals surface area (Å²) in [7, 11) is 0. The predicted octanol–water partition coefficient (Wildman–Crippen LogP) is 2.29. The fourth-order valence-electron chi connectivity index (χ4n) is 3.20. The smallest absolute Gasteiger partial charge is 0.149 e. The fraction of sp³-hybridized carbons (Fsp3) is 0.929. The third-order valence-electron chi connectivity index (χ3n) is 4.19. The van der Waals surface area contributed by atoms with Gasteiger partial charge in [0.05, 0.1) is 12.1 Å². The number of carbonyl (C=O) groups excluding carboxylic acids is 1. The number of hydrogen-bond acceptors (Lipinski definition) is 3. The lowest BCUT2D eigenvalue weighted by molar-refractivity contribution is -0.135. The maximum Gasteiger partial charge on any atom is 0.149 e. The molecular weight excluding hydrogens is 214 g/mol. The first-order chi connectivity index (χ1) is 8.26. The molecule has 1 saturated heterocycles. The summed E-state index contributed by atoms with van der Waals surface area (Å²) >= 11 is 0. The van der Waals surface area contributed by atoms with Gasteiger partial charge in [-0.3, -0.25) is 4.79 Å². The molecule has 1 unspecified atom stereocenters. The molecule has 1 heterocycles. The number of rotatable bonds is 5. The molecule has 1 saturated carbocycles. The minimum Gasteiger partial charge on any atom is -0.375 e. The molecule has 1 aliphatic heterocycles. The lowest BCUT2D eigenvalue weighted by Gasteiger charge is -2.37. The van der Waals surface area contributed by atoms with Gasteiger partial charge in [-0.2, -0.15) is 0 Å². The van der Waals surface area contributed by atoms with Crippen LogP contribution in [0, 0.1) is 5.92 Å². The van der Waals surface area contributed by atoms with E-state index in [1.807, 2.05) is 0 Å². The predicted molar refractivity (Wildman–Crippen MR) is 68.0 cm³/mol. The average molecular weight is 239 g/mol. The van der Waals surface area contributed by atoms with Gasteiger partial charge in [-0.05, 0) is 38.6 Å². The van der Waals surface area contributed by atoms with E-state index in [-0.39, 0.29) is 11.5 Å². The second-order valence-corrected chi connectivity index (χ2v) is 5.57. The van der Waals surface area contributed by atoms with Gasteiger partial charge in [-0.1, -0.05) is 19.8 Å². The van der Waals surface area contributed by atoms with E-state index in [1.54, 1.807) is 0 Å². The summed E-state index contributed by atoms with van der Waals surface area (Å²) in [5.41, 5.74) is 0.0728. The Bertz CT molecular complexity index is 259. The number of Topliss-reactive ketones (excluding diaryl/α,β-unsaturated/α-hetero) is 1. The number of ketones is 1. The van der Waals surface area contributed by atoms with Crippen LogP contribution in [0.4, 0.5) is 0 Å². The Morgan fingerprint density at radius 1 is 1.41 bits per heavy atom. The number of ether oxygens (including phenoxy) is 1. The third kappa shape index (κ3) is 3.29. The van der Waals surface area contributed by atoms with Gasteiger partial charge in [0.1, 0.15) is 5.78 Å². The van der Waals surface area contributed by atoms with Gasteiger partial charge in [-0.15, -0.1) is 0 Å². The summed E-state index contributed by atoms with van der Waals surface area (Å²) in [6.45, 7) is 4.40. The summed E-state index contributed by atoms with van der Waals surface area (Å²) in [6.07, 6.45) is 7.86. The largest absolute Gasteiger partial charge is 0.375 e. The molecule has 98 valence electrons. The van der Waals surface area contributed by atoms with E-state index in [2.05, 4.69) is 12.2 Å². The number of nitrogens with one attached hydrogen (secondary N) is 1. The normalized spacial score (nSPS) is 27.5. The van der Waals surface area contributed by atoms with Crippen LogP contribution in [-0.2, 0) is 9.53 Å². The van der Waals surface area contributed by atoms with Crippen molar-refractivity contribution in [3.8, 4) is 0 Å². The van der Waals surface area contributed by atoms with E-state index in [9.17, 15) is 4.79 Å². The van der Waals surface area contributed by atoms with Gasteiger partial charge in [0.2, 0.25) is 0 Å². The molecule has 3 heteroatoms. The molecule has 0 amide bonds. The summed E-state index contributed by atoms with van der Waals surface area (Å²) in [5, 5.41) is 3.22. The van der Waals surface area contributed by atoms with Crippen molar-refractivity contribution in [1.29, 1.82) is 0 Å². The highest BCUT2D eigenvalue weighted by molar-refractivity contribution is 5.83. The van der Waals surface area contributed by atoms with Gasteiger partial charge in [-0.25, -0.2) is 0 Å². The van der Waals surface area contributed by atoms with Crippen LogP contribution in [0.5, 0.6) is 0 Å². The second-order valence-electron chi connectivity index (χ2n) is 5.57. The minimum absolute atomic E-state index is 0.0728. The topological polar surface area (TPSA) is 38.3 Å². The zero-order valence-corrected chi connectivity index (χ0v) is 11.0. The van der Waals surface area contributed by atoms with Crippen LogP contribution in [0.25, 0.3) is 0 Å². The van der Waals surface area contributed by atoms with Crippen molar-refractivity contribution in [3.63, 3.8) is 0 Å². The standard InChI is InChI=1S/C14H25NO2/c1-2-8-15-11-13(16)12-5-9-17-14(10-12)6-3-4-7-14/h12,15H,2-11H2,1H3. The summed E-state index contributed by atoms with van der Waals surface area (Å²) < 4.78 is 5.96. The lowest BCUT2D eigenvalue weighted by Crippen LogP contribution is -2.42. The van der Waals surface area contributed by atoms with Crippen molar-refractivity contribution in [2.75, 3.05) is 19.7 Å². The van der Waals surface area contributed by atoms with Crippen LogP contribution < -0.4 is 5.32 Å². The fourth-order valence-corrected chi connectivity index (χ4v) is 3.20. The Morgan fingerprint density at radius 2 is 2.18 bits per heavy atom. The number of hydrogen-bond donors (Lipinski definition) is 1. The molecule has 0 radical (unpaired) electrons. The van der Waals surface area contributed by atoms with Gasteiger partial charge in [0, 0.05) is 12.5 Å². The quantitative estimate of drug-likeness (QED) is 0.748. The van der Waals surface area contributed by atoms with Crippen molar-refractivity contribution in [3.05, 3.63) is 0 Å². The van der Waals surface area contributed by atoms with Crippen molar-refractivity contribution in [2.24, 2.45) is 5.92 Å². The molecule has 1 spiro atoms. The Balaban J connectivity index is 1.82. The Labute approximate surface area is 104 Å². The van der Waals surface area contributed by atoms with E-state index in [0.29, 0.717) is 12.3 Å². The van der Waals surface area contributed by atoms with Crippen LogP contribution in [0.15, 0.2) is 0 Å². The zero-order chi connectivity index (χ0) is 12.1. The monoisotopic (exact) mass is 239 g/mol. The van der Waals surface area contributed by atoms with Gasteiger partial charge >= 0.3 is 0 Å². The van der Waals surface area contributed by atoms with Gasteiger partial charge in [0.15, 0.2) is 0 Å². The Morgan fingerprint density at radius 3 is 2.88 bits per heavy atom. The van der Waals surface area contributed by atoms with Crippen LogP contribution >= 0.6 is 0 Å². The van der Waals surface area contributed by atoms with Crippen LogP contribution in [0.3, 0.4) is 0 Å². The molecule has 17 heavy (non-hydrogen) atoms. The molecule has 0 bridgehead atoms. The lowest BCUT2D eigenvalue weighted by atomic mass is 9.82. The summed E-state index contributed by atoms with van der Waals surface area (Å²) in [5.74, 6) is 0.638. The summed E-state index contributed by atoms with van der Waals surface area (Å²) in [4.78, 5) is 12.1. The molecule has 0 aromatic carbocycles. The molecule has 3 nitrogen and oxygen atoms in total. The van der Waals surface area contributed by atoms with Crippen molar-refractivity contribution >= 4 is 5.78 Å². The number of carbonyl (C=O) groups is 1. The van der Waals surface area contributed by atoms with Crippen LogP contribution in [-0.4, -0.2) is 31.1 Å². The van der Waals surface area contributed by atoms with Gasteiger partial charge < -0.3 is 10.1 Å². The van der Waals surface area contributed by atoms with E-state index in [4.69, 9.17) is 4.74 Å². The van der Waals surface area contributed by atoms with E-state index >= 15 is 0 Å². The molecule has 1 aliphatic carbocycles. The SMILES string of the molecule is CCCNCC(=O)C1CCOC2(CCCC2)C1. The van der Waals surface area contributed by atoms with Crippen LogP contribution in [0.2, 0.25) is 0 Å². The molecule has 0 aromatic rings. The third-order valence-corrected chi connectivity index (χ3v) is 4.19. The van der Waals surface area contributed by atoms with Gasteiger partial charge in [0.25, 0.3) is 0 Å². The molecule has 1 N–H and O–H groups in total. The van der Waals surface area contributed by atoms with Crippen molar-refractivity contribution in [2.45, 2.75) is 57.5 Å². The molecule has 2 aliphatic rings. The average Bonchev–Trinajstić information content (AvgIpc) is 2.77. The molecule has 2 fully saturated rings. The first-order valence-corrected chi connectivity index (χ1v) is 7.13. The highest BCUT2D eigenvalue weighted by atomic mass is 16.5. The Hall–Kier alpha value is -0.410. The highest BCUT2D eigenvalue weighted by Crippen LogP contribution is 2.42. The summed E-state index contributed by atoms with van der Waals surface area (Å²) in [6, 6.07) is 0. The second kappa shape index (κ2) is 5.96. The molecule has 2 rings (SSSR count). The maximum absolute atomic E-state index is 12.1. The van der Waals surface area contributed by atoms with Crippen LogP contribution in [0.1, 0.15) is 51.9 Å². The maximum atomic E-state index is 12.1. The van der Waals surface area contributed by atoms with Crippen molar-refractivity contribution < 1.29 is 9.53 Å². The zero-order valence-electron chi connectivity index (χ0n) is 11.0.